The Labute approximate surface area is 186 Å². The molecule has 0 saturated carbocycles. The fourth-order valence-electron chi connectivity index (χ4n) is 3.18. The zero-order chi connectivity index (χ0) is 23.3. The van der Waals surface area contributed by atoms with Crippen molar-refractivity contribution in [1.82, 2.24) is 0 Å². The molecule has 2 aromatic carbocycles. The van der Waals surface area contributed by atoms with Crippen molar-refractivity contribution >= 4 is 37.8 Å². The SMILES string of the molecule is CC(C)(C)[Si](C)(C)O[C@@H](CC(=O)O)CC(=O)CP(=O)(c1ccccc1)c1ccccc1. The monoisotopic (exact) mass is 460 g/mol. The summed E-state index contributed by atoms with van der Waals surface area (Å²) in [5.74, 6) is -1.26. The molecule has 1 atom stereocenters. The highest BCUT2D eigenvalue weighted by atomic mass is 31.2. The van der Waals surface area contributed by atoms with Gasteiger partial charge < -0.3 is 14.1 Å². The molecule has 5 nitrogen and oxygen atoms in total. The number of benzene rings is 2. The number of rotatable bonds is 10. The standard InChI is InChI=1S/C24H33O5PSi/c1-24(2,3)31(4,5)29-20(17-23(26)27)16-19(25)18-30(28,21-12-8-6-9-13-21)22-14-10-7-11-15-22/h6-15,20H,16-18H2,1-5H3,(H,26,27)/t20-/m1/s1. The third kappa shape index (κ3) is 6.73. The van der Waals surface area contributed by atoms with E-state index in [1.165, 1.54) is 0 Å². The van der Waals surface area contributed by atoms with Crippen LogP contribution in [0.15, 0.2) is 60.7 Å². The van der Waals surface area contributed by atoms with Crippen molar-refractivity contribution in [3.8, 4) is 0 Å². The molecule has 0 aliphatic rings. The molecule has 0 unspecified atom stereocenters. The fraction of sp³-hybridized carbons (Fsp3) is 0.417. The molecular formula is C24H33O5PSi. The Hall–Kier alpha value is -2.01. The maximum absolute atomic E-state index is 14.1. The van der Waals surface area contributed by atoms with Crippen LogP contribution >= 0.6 is 7.14 Å². The molecule has 0 fully saturated rings. The minimum atomic E-state index is -3.20. The number of hydrogen-bond acceptors (Lipinski definition) is 4. The molecule has 7 heteroatoms. The molecule has 0 heterocycles. The van der Waals surface area contributed by atoms with Gasteiger partial charge in [0.15, 0.2) is 8.32 Å². The highest BCUT2D eigenvalue weighted by molar-refractivity contribution is 7.79. The molecule has 2 rings (SSSR count). The Morgan fingerprint density at radius 2 is 1.39 bits per heavy atom. The summed E-state index contributed by atoms with van der Waals surface area (Å²) in [4.78, 5) is 24.5. The summed E-state index contributed by atoms with van der Waals surface area (Å²) < 4.78 is 20.4. The van der Waals surface area contributed by atoms with E-state index >= 15 is 0 Å². The van der Waals surface area contributed by atoms with Gasteiger partial charge in [0, 0.05) is 17.0 Å². The van der Waals surface area contributed by atoms with Crippen LogP contribution in [-0.4, -0.2) is 37.4 Å². The maximum atomic E-state index is 14.1. The van der Waals surface area contributed by atoms with E-state index in [1.807, 2.05) is 49.5 Å². The topological polar surface area (TPSA) is 80.7 Å². The van der Waals surface area contributed by atoms with Gasteiger partial charge in [-0.05, 0) is 18.1 Å². The van der Waals surface area contributed by atoms with Crippen molar-refractivity contribution in [1.29, 1.82) is 0 Å². The van der Waals surface area contributed by atoms with Crippen LogP contribution in [0.4, 0.5) is 0 Å². The van der Waals surface area contributed by atoms with Crippen molar-refractivity contribution in [2.75, 3.05) is 6.16 Å². The normalized spacial score (nSPS) is 13.6. The molecular weight excluding hydrogens is 427 g/mol. The van der Waals surface area contributed by atoms with E-state index in [0.29, 0.717) is 10.6 Å². The second kappa shape index (κ2) is 10.1. The Morgan fingerprint density at radius 3 is 1.77 bits per heavy atom. The number of carbonyl (C=O) groups excluding carboxylic acids is 1. The van der Waals surface area contributed by atoms with Gasteiger partial charge in [-0.25, -0.2) is 0 Å². The second-order valence-electron chi connectivity index (χ2n) is 9.41. The van der Waals surface area contributed by atoms with Crippen molar-refractivity contribution in [2.24, 2.45) is 0 Å². The number of ketones is 1. The van der Waals surface area contributed by atoms with Crippen molar-refractivity contribution in [3.05, 3.63) is 60.7 Å². The first kappa shape index (κ1) is 25.2. The smallest absolute Gasteiger partial charge is 0.305 e. The summed E-state index contributed by atoms with van der Waals surface area (Å²) in [6.07, 6.45) is -1.20. The molecule has 0 bridgehead atoms. The Kier molecular flexibility index (Phi) is 8.20. The van der Waals surface area contributed by atoms with Crippen LogP contribution < -0.4 is 10.6 Å². The highest BCUT2D eigenvalue weighted by Crippen LogP contribution is 2.44. The van der Waals surface area contributed by atoms with Crippen LogP contribution in [0.2, 0.25) is 18.1 Å². The average Bonchev–Trinajstić information content (AvgIpc) is 2.67. The van der Waals surface area contributed by atoms with E-state index in [9.17, 15) is 19.3 Å². The minimum absolute atomic E-state index is 0.0670. The summed E-state index contributed by atoms with van der Waals surface area (Å²) in [5, 5.41) is 10.5. The van der Waals surface area contributed by atoms with Gasteiger partial charge >= 0.3 is 5.97 Å². The molecule has 31 heavy (non-hydrogen) atoms. The van der Waals surface area contributed by atoms with Gasteiger partial charge in [-0.1, -0.05) is 81.4 Å². The number of aliphatic carboxylic acids is 1. The van der Waals surface area contributed by atoms with E-state index in [4.69, 9.17) is 4.43 Å². The minimum Gasteiger partial charge on any atom is -0.481 e. The van der Waals surface area contributed by atoms with Gasteiger partial charge in [0.2, 0.25) is 0 Å². The molecule has 0 aromatic heterocycles. The summed E-state index contributed by atoms with van der Waals surface area (Å²) in [7, 11) is -5.47. The molecule has 1 N–H and O–H groups in total. The third-order valence-electron chi connectivity index (χ3n) is 5.87. The zero-order valence-electron chi connectivity index (χ0n) is 19.0. The summed E-state index contributed by atoms with van der Waals surface area (Å²) in [6.45, 7) is 10.3. The second-order valence-corrected chi connectivity index (χ2v) is 17.0. The van der Waals surface area contributed by atoms with E-state index < -0.39 is 27.5 Å². The van der Waals surface area contributed by atoms with Crippen LogP contribution in [-0.2, 0) is 18.6 Å². The molecule has 0 saturated heterocycles. The van der Waals surface area contributed by atoms with Gasteiger partial charge in [0.1, 0.15) is 12.9 Å². The molecule has 0 amide bonds. The number of carboxylic acids is 1. The summed E-state index contributed by atoms with van der Waals surface area (Å²) in [5.41, 5.74) is 0. The van der Waals surface area contributed by atoms with E-state index in [1.54, 1.807) is 24.3 Å². The maximum Gasteiger partial charge on any atom is 0.305 e. The molecule has 0 aliphatic heterocycles. The van der Waals surface area contributed by atoms with Gasteiger partial charge in [-0.2, -0.15) is 0 Å². The number of Topliss-reactive ketones (excluding diaryl/α,β-unsaturated/α-hetero) is 1. The molecule has 0 radical (unpaired) electrons. The van der Waals surface area contributed by atoms with Gasteiger partial charge in [0.05, 0.1) is 18.7 Å². The first-order valence-electron chi connectivity index (χ1n) is 10.5. The summed E-state index contributed by atoms with van der Waals surface area (Å²) >= 11 is 0. The van der Waals surface area contributed by atoms with Crippen molar-refractivity contribution in [3.63, 3.8) is 0 Å². The van der Waals surface area contributed by atoms with E-state index in [-0.39, 0.29) is 29.8 Å². The third-order valence-corrected chi connectivity index (χ3v) is 13.5. The Morgan fingerprint density at radius 1 is 0.935 bits per heavy atom. The number of carbonyl (C=O) groups is 2. The van der Waals surface area contributed by atoms with E-state index in [2.05, 4.69) is 20.8 Å². The quantitative estimate of drug-likeness (QED) is 0.406. The molecule has 168 valence electrons. The first-order chi connectivity index (χ1) is 14.3. The largest absolute Gasteiger partial charge is 0.481 e. The lowest BCUT2D eigenvalue weighted by atomic mass is 10.1. The zero-order valence-corrected chi connectivity index (χ0v) is 20.9. The number of carboxylic acid groups (broad SMARTS) is 1. The predicted molar refractivity (Wildman–Crippen MR) is 129 cm³/mol. The van der Waals surface area contributed by atoms with Crippen LogP contribution in [0, 0.1) is 0 Å². The van der Waals surface area contributed by atoms with Crippen molar-refractivity contribution in [2.45, 2.75) is 57.8 Å². The molecule has 0 spiro atoms. The lowest BCUT2D eigenvalue weighted by Crippen LogP contribution is -2.45. The van der Waals surface area contributed by atoms with Gasteiger partial charge in [-0.15, -0.1) is 0 Å². The first-order valence-corrected chi connectivity index (χ1v) is 15.3. The fourth-order valence-corrected chi connectivity index (χ4v) is 7.13. The number of hydrogen-bond donors (Lipinski definition) is 1. The highest BCUT2D eigenvalue weighted by Gasteiger charge is 2.40. The lowest BCUT2D eigenvalue weighted by Gasteiger charge is -2.39. The predicted octanol–water partition coefficient (Wildman–Crippen LogP) is 4.82. The Balaban J connectivity index is 2.29. The molecule has 0 aliphatic carbocycles. The Bertz CT molecular complexity index is 892. The van der Waals surface area contributed by atoms with Crippen LogP contribution in [0.3, 0.4) is 0 Å². The van der Waals surface area contributed by atoms with Gasteiger partial charge in [0.25, 0.3) is 0 Å². The van der Waals surface area contributed by atoms with Crippen molar-refractivity contribution < 1.29 is 23.7 Å². The van der Waals surface area contributed by atoms with Crippen LogP contribution in [0.1, 0.15) is 33.6 Å². The lowest BCUT2D eigenvalue weighted by molar-refractivity contribution is -0.139. The van der Waals surface area contributed by atoms with Gasteiger partial charge in [-0.3, -0.25) is 9.59 Å². The van der Waals surface area contributed by atoms with Crippen LogP contribution in [0.5, 0.6) is 0 Å². The summed E-state index contributed by atoms with van der Waals surface area (Å²) in [6, 6.07) is 18.0. The molecule has 2 aromatic rings. The average molecular weight is 461 g/mol. The van der Waals surface area contributed by atoms with E-state index in [0.717, 1.165) is 0 Å². The van der Waals surface area contributed by atoms with Crippen LogP contribution in [0.25, 0.3) is 0 Å².